The van der Waals surface area contributed by atoms with E-state index in [4.69, 9.17) is 5.26 Å². The number of fused-ring (bicyclic) bond motifs is 1. The lowest BCUT2D eigenvalue weighted by Crippen LogP contribution is -2.37. The summed E-state index contributed by atoms with van der Waals surface area (Å²) in [6.45, 7) is 1.28. The van der Waals surface area contributed by atoms with Crippen LogP contribution in [0, 0.1) is 11.5 Å². The Hall–Kier alpha value is -3.27. The van der Waals surface area contributed by atoms with Gasteiger partial charge in [0.25, 0.3) is 5.91 Å². The van der Waals surface area contributed by atoms with Crippen molar-refractivity contribution in [3.8, 4) is 17.3 Å². The van der Waals surface area contributed by atoms with Gasteiger partial charge in [-0.05, 0) is 30.2 Å². The van der Waals surface area contributed by atoms with E-state index in [0.717, 1.165) is 28.5 Å². The molecule has 1 aliphatic heterocycles. The Morgan fingerprint density at radius 3 is 2.85 bits per heavy atom. The van der Waals surface area contributed by atoms with Crippen LogP contribution >= 0.6 is 0 Å². The molecule has 0 radical (unpaired) electrons. The van der Waals surface area contributed by atoms with Gasteiger partial charge in [0.2, 0.25) is 0 Å². The minimum atomic E-state index is -0.101. The molecule has 0 bridgehead atoms. The fraction of sp³-hybridized carbons (Fsp3) is 0.316. The molecule has 0 aliphatic carbocycles. The zero-order valence-electron chi connectivity index (χ0n) is 14.8. The van der Waals surface area contributed by atoms with Crippen LogP contribution in [0.1, 0.15) is 16.9 Å². The number of nitrogens with zero attached hydrogens (tertiary/aromatic N) is 5. The smallest absolute Gasteiger partial charge is 0.268 e. The van der Waals surface area contributed by atoms with Gasteiger partial charge in [0.05, 0.1) is 6.20 Å². The third-order valence-corrected chi connectivity index (χ3v) is 4.98. The summed E-state index contributed by atoms with van der Waals surface area (Å²) in [5.74, 6) is -0.101. The van der Waals surface area contributed by atoms with Crippen molar-refractivity contribution in [3.63, 3.8) is 0 Å². The molecule has 26 heavy (non-hydrogen) atoms. The summed E-state index contributed by atoms with van der Waals surface area (Å²) in [6, 6.07) is 8.09. The summed E-state index contributed by atoms with van der Waals surface area (Å²) >= 11 is 0. The summed E-state index contributed by atoms with van der Waals surface area (Å²) in [4.78, 5) is 14.4. The molecule has 1 atom stereocenters. The van der Waals surface area contributed by atoms with Gasteiger partial charge in [0, 0.05) is 55.9 Å². The van der Waals surface area contributed by atoms with E-state index in [1.807, 2.05) is 49.3 Å². The molecule has 3 heterocycles. The molecule has 0 saturated carbocycles. The van der Waals surface area contributed by atoms with Crippen LogP contribution < -0.4 is 5.32 Å². The van der Waals surface area contributed by atoms with E-state index in [1.54, 1.807) is 9.58 Å². The molecule has 1 saturated heterocycles. The van der Waals surface area contributed by atoms with Crippen molar-refractivity contribution in [1.82, 2.24) is 24.6 Å². The van der Waals surface area contributed by atoms with Gasteiger partial charge >= 0.3 is 0 Å². The maximum absolute atomic E-state index is 12.7. The van der Waals surface area contributed by atoms with Crippen molar-refractivity contribution in [2.75, 3.05) is 13.1 Å². The van der Waals surface area contributed by atoms with Crippen molar-refractivity contribution in [1.29, 1.82) is 5.26 Å². The number of aryl methyl sites for hydroxylation is 2. The van der Waals surface area contributed by atoms with E-state index in [-0.39, 0.29) is 11.9 Å². The molecule has 7 nitrogen and oxygen atoms in total. The van der Waals surface area contributed by atoms with Crippen LogP contribution in [0.25, 0.3) is 22.0 Å². The van der Waals surface area contributed by atoms with Gasteiger partial charge in [-0.25, -0.2) is 0 Å². The first kappa shape index (κ1) is 16.2. The molecule has 7 heteroatoms. The first-order chi connectivity index (χ1) is 12.5. The molecule has 1 aromatic carbocycles. The quantitative estimate of drug-likeness (QED) is 0.733. The highest BCUT2D eigenvalue weighted by Crippen LogP contribution is 2.26. The topological polar surface area (TPSA) is 78.9 Å². The Labute approximate surface area is 151 Å². The monoisotopic (exact) mass is 348 g/mol. The minimum absolute atomic E-state index is 0.0196. The highest BCUT2D eigenvalue weighted by Gasteiger charge is 2.24. The van der Waals surface area contributed by atoms with Gasteiger partial charge < -0.3 is 14.8 Å². The van der Waals surface area contributed by atoms with Crippen LogP contribution in [-0.2, 0) is 14.1 Å². The number of carbonyl (C=O) groups is 1. The minimum Gasteiger partial charge on any atom is -0.346 e. The third-order valence-electron chi connectivity index (χ3n) is 4.98. The Bertz CT molecular complexity index is 1020. The first-order valence-electron chi connectivity index (χ1n) is 8.59. The van der Waals surface area contributed by atoms with Crippen LogP contribution in [0.4, 0.5) is 0 Å². The van der Waals surface area contributed by atoms with E-state index in [2.05, 4.69) is 22.7 Å². The molecule has 2 aromatic heterocycles. The number of aromatic nitrogens is 3. The SMILES string of the molecule is Cn1cc(-c2ccc3c(c2)cc(C(=O)NC2CCN(C#N)C2)n3C)cn1. The number of benzene rings is 1. The number of likely N-dealkylation sites (tertiary alicyclic amines) is 1. The van der Waals surface area contributed by atoms with Crippen LogP contribution in [-0.4, -0.2) is 44.3 Å². The number of amides is 1. The molecule has 132 valence electrons. The van der Waals surface area contributed by atoms with Gasteiger partial charge in [-0.1, -0.05) is 6.07 Å². The molecule has 1 amide bonds. The lowest BCUT2D eigenvalue weighted by Gasteiger charge is -2.12. The molecular formula is C19H20N6O. The Kier molecular flexibility index (Phi) is 3.88. The predicted molar refractivity (Wildman–Crippen MR) is 98.2 cm³/mol. The van der Waals surface area contributed by atoms with E-state index in [0.29, 0.717) is 18.8 Å². The zero-order valence-corrected chi connectivity index (χ0v) is 14.8. The second-order valence-electron chi connectivity index (χ2n) is 6.77. The number of hydrogen-bond donors (Lipinski definition) is 1. The van der Waals surface area contributed by atoms with Gasteiger partial charge in [0.1, 0.15) is 5.69 Å². The molecule has 3 aromatic rings. The van der Waals surface area contributed by atoms with E-state index in [1.165, 1.54) is 0 Å². The summed E-state index contributed by atoms with van der Waals surface area (Å²) in [6.07, 6.45) is 6.74. The summed E-state index contributed by atoms with van der Waals surface area (Å²) < 4.78 is 3.68. The zero-order chi connectivity index (χ0) is 18.3. The van der Waals surface area contributed by atoms with Gasteiger partial charge in [-0.15, -0.1) is 0 Å². The maximum Gasteiger partial charge on any atom is 0.268 e. The maximum atomic E-state index is 12.7. The lowest BCUT2D eigenvalue weighted by atomic mass is 10.1. The van der Waals surface area contributed by atoms with E-state index < -0.39 is 0 Å². The van der Waals surface area contributed by atoms with Crippen LogP contribution in [0.5, 0.6) is 0 Å². The summed E-state index contributed by atoms with van der Waals surface area (Å²) in [5, 5.41) is 17.2. The largest absolute Gasteiger partial charge is 0.346 e. The number of rotatable bonds is 3. The second-order valence-corrected chi connectivity index (χ2v) is 6.77. The average Bonchev–Trinajstić information content (AvgIpc) is 3.34. The molecule has 1 N–H and O–H groups in total. The highest BCUT2D eigenvalue weighted by molar-refractivity contribution is 5.99. The Morgan fingerprint density at radius 1 is 1.31 bits per heavy atom. The molecule has 0 spiro atoms. The summed E-state index contributed by atoms with van der Waals surface area (Å²) in [7, 11) is 3.79. The lowest BCUT2D eigenvalue weighted by molar-refractivity contribution is 0.0931. The normalized spacial score (nSPS) is 16.8. The van der Waals surface area contributed by atoms with Crippen molar-refractivity contribution in [2.45, 2.75) is 12.5 Å². The molecular weight excluding hydrogens is 328 g/mol. The molecule has 1 unspecified atom stereocenters. The van der Waals surface area contributed by atoms with Crippen molar-refractivity contribution >= 4 is 16.8 Å². The van der Waals surface area contributed by atoms with Gasteiger partial charge in [0.15, 0.2) is 6.19 Å². The average molecular weight is 348 g/mol. The van der Waals surface area contributed by atoms with Crippen molar-refractivity contribution in [3.05, 3.63) is 42.4 Å². The van der Waals surface area contributed by atoms with Crippen molar-refractivity contribution < 1.29 is 4.79 Å². The fourth-order valence-electron chi connectivity index (χ4n) is 3.55. The molecule has 4 rings (SSSR count). The Morgan fingerprint density at radius 2 is 2.15 bits per heavy atom. The fourth-order valence-corrected chi connectivity index (χ4v) is 3.55. The van der Waals surface area contributed by atoms with Gasteiger partial charge in [-0.2, -0.15) is 10.4 Å². The number of nitrogens with one attached hydrogen (secondary N) is 1. The molecule has 1 fully saturated rings. The number of hydrogen-bond acceptors (Lipinski definition) is 4. The summed E-state index contributed by atoms with van der Waals surface area (Å²) in [5.41, 5.74) is 3.75. The third kappa shape index (κ3) is 2.80. The first-order valence-corrected chi connectivity index (χ1v) is 8.59. The number of carbonyl (C=O) groups excluding carboxylic acids is 1. The van der Waals surface area contributed by atoms with Crippen LogP contribution in [0.3, 0.4) is 0 Å². The van der Waals surface area contributed by atoms with E-state index >= 15 is 0 Å². The highest BCUT2D eigenvalue weighted by atomic mass is 16.2. The number of nitriles is 1. The molecule has 1 aliphatic rings. The van der Waals surface area contributed by atoms with Crippen LogP contribution in [0.2, 0.25) is 0 Å². The van der Waals surface area contributed by atoms with Crippen molar-refractivity contribution in [2.24, 2.45) is 14.1 Å². The second kappa shape index (κ2) is 6.23. The van der Waals surface area contributed by atoms with Crippen LogP contribution in [0.15, 0.2) is 36.7 Å². The van der Waals surface area contributed by atoms with Gasteiger partial charge in [-0.3, -0.25) is 9.48 Å². The van der Waals surface area contributed by atoms with E-state index in [9.17, 15) is 4.79 Å². The Balaban J connectivity index is 1.60. The standard InChI is InChI=1S/C19H20N6O/c1-23-10-15(9-21-23)13-3-4-17-14(7-13)8-18(24(17)2)19(26)22-16-5-6-25(11-16)12-20/h3-4,7-10,16H,5-6,11H2,1-2H3,(H,22,26). The predicted octanol–water partition coefficient (Wildman–Crippen LogP) is 1.86.